The number of fused-ring (bicyclic) bond motifs is 1. The van der Waals surface area contributed by atoms with E-state index in [1.165, 1.54) is 12.1 Å². The summed E-state index contributed by atoms with van der Waals surface area (Å²) in [5.74, 6) is -0.0256. The predicted octanol–water partition coefficient (Wildman–Crippen LogP) is 2.78. The minimum absolute atomic E-state index is 0.0801. The Balaban J connectivity index is 2.13. The van der Waals surface area contributed by atoms with Crippen molar-refractivity contribution in [3.63, 3.8) is 0 Å². The van der Waals surface area contributed by atoms with Gasteiger partial charge in [-0.1, -0.05) is 0 Å². The van der Waals surface area contributed by atoms with Crippen LogP contribution < -0.4 is 5.32 Å². The minimum atomic E-state index is -0.664. The Hall–Kier alpha value is -2.63. The first-order valence-corrected chi connectivity index (χ1v) is 5.61. The van der Waals surface area contributed by atoms with Crippen LogP contribution in [0.2, 0.25) is 0 Å². The summed E-state index contributed by atoms with van der Waals surface area (Å²) in [6.45, 7) is 0. The van der Waals surface area contributed by atoms with Gasteiger partial charge in [0.25, 0.3) is 0 Å². The normalized spacial score (nSPS) is 10.8. The lowest BCUT2D eigenvalue weighted by Gasteiger charge is -2.01. The van der Waals surface area contributed by atoms with E-state index in [0.29, 0.717) is 16.9 Å². The van der Waals surface area contributed by atoms with E-state index in [1.807, 2.05) is 0 Å². The van der Waals surface area contributed by atoms with Gasteiger partial charge in [0.15, 0.2) is 5.58 Å². The molecule has 2 heterocycles. The fraction of sp³-hybridized carbons (Fsp3) is 0.0769. The quantitative estimate of drug-likeness (QED) is 0.691. The lowest BCUT2D eigenvalue weighted by atomic mass is 10.2. The third-order valence-corrected chi connectivity index (χ3v) is 2.71. The monoisotopic (exact) mass is 258 g/mol. The van der Waals surface area contributed by atoms with Gasteiger partial charge in [0.2, 0.25) is 11.8 Å². The van der Waals surface area contributed by atoms with Gasteiger partial charge in [-0.05, 0) is 24.3 Å². The van der Waals surface area contributed by atoms with E-state index >= 15 is 0 Å². The number of hydrogen-bond donors (Lipinski definition) is 2. The van der Waals surface area contributed by atoms with Crippen LogP contribution in [0.1, 0.15) is 0 Å². The highest BCUT2D eigenvalue weighted by Crippen LogP contribution is 2.28. The van der Waals surface area contributed by atoms with Gasteiger partial charge >= 0.3 is 0 Å². The summed E-state index contributed by atoms with van der Waals surface area (Å²) in [7, 11) is 1.66. The number of hydrogen-bond acceptors (Lipinski definition) is 5. The lowest BCUT2D eigenvalue weighted by molar-refractivity contribution is 0.476. The van der Waals surface area contributed by atoms with E-state index in [-0.39, 0.29) is 17.2 Å². The molecule has 0 aliphatic heterocycles. The molecule has 0 amide bonds. The molecule has 6 heteroatoms. The molecule has 0 aliphatic carbocycles. The second kappa shape index (κ2) is 4.24. The summed E-state index contributed by atoms with van der Waals surface area (Å²) in [6, 6.07) is 7.68. The van der Waals surface area contributed by atoms with Gasteiger partial charge in [0.05, 0.1) is 5.56 Å². The number of nitrogens with zero attached hydrogens (tertiary/aromatic N) is 2. The summed E-state index contributed by atoms with van der Waals surface area (Å²) in [6.07, 6.45) is 0. The van der Waals surface area contributed by atoms with E-state index in [1.54, 1.807) is 25.2 Å². The zero-order chi connectivity index (χ0) is 13.4. The fourth-order valence-electron chi connectivity index (χ4n) is 1.76. The minimum Gasteiger partial charge on any atom is -0.508 e. The average Bonchev–Trinajstić information content (AvgIpc) is 2.81. The number of oxazole rings is 1. The van der Waals surface area contributed by atoms with Crippen molar-refractivity contribution in [3.05, 3.63) is 36.3 Å². The van der Waals surface area contributed by atoms with Gasteiger partial charge in [-0.25, -0.2) is 9.97 Å². The Kier molecular flexibility index (Phi) is 2.56. The number of halogens is 1. The van der Waals surface area contributed by atoms with Crippen LogP contribution in [-0.2, 0) is 0 Å². The van der Waals surface area contributed by atoms with Crippen LogP contribution in [0.5, 0.6) is 5.75 Å². The average molecular weight is 258 g/mol. The summed E-state index contributed by atoms with van der Waals surface area (Å²) in [5, 5.41) is 12.1. The van der Waals surface area contributed by atoms with E-state index in [4.69, 9.17) is 4.42 Å². The second-order valence-corrected chi connectivity index (χ2v) is 3.96. The van der Waals surface area contributed by atoms with Crippen LogP contribution in [0.25, 0.3) is 22.6 Å². The Morgan fingerprint density at radius 2 is 2.05 bits per heavy atom. The lowest BCUT2D eigenvalue weighted by Crippen LogP contribution is -1.96. The van der Waals surface area contributed by atoms with Crippen molar-refractivity contribution in [1.29, 1.82) is 0 Å². The highest BCUT2D eigenvalue weighted by atomic mass is 18.2. The molecule has 3 aromatic rings. The number of phenols is 1. The molecule has 1 aromatic carbocycles. The van der Waals surface area contributed by atoms with Crippen molar-refractivity contribution in [2.24, 2.45) is 0 Å². The van der Waals surface area contributed by atoms with E-state index in [9.17, 15) is 9.50 Å². The molecule has 0 aliphatic rings. The van der Waals surface area contributed by atoms with Crippen molar-refractivity contribution in [1.82, 2.24) is 9.97 Å². The first kappa shape index (κ1) is 11.5. The van der Waals surface area contributed by atoms with Gasteiger partial charge in [0.1, 0.15) is 17.1 Å². The molecule has 0 unspecified atom stereocenters. The zero-order valence-corrected chi connectivity index (χ0v) is 10.0. The molecule has 5 nitrogen and oxygen atoms in total. The molecule has 19 heavy (non-hydrogen) atoms. The molecule has 0 radical (unpaired) electrons. The summed E-state index contributed by atoms with van der Waals surface area (Å²) in [5.41, 5.74) is 1.12. The Morgan fingerprint density at radius 3 is 2.79 bits per heavy atom. The van der Waals surface area contributed by atoms with E-state index in [0.717, 1.165) is 0 Å². The largest absolute Gasteiger partial charge is 0.508 e. The maximum atomic E-state index is 13.8. The topological polar surface area (TPSA) is 71.2 Å². The van der Waals surface area contributed by atoms with Crippen LogP contribution in [0.3, 0.4) is 0 Å². The summed E-state index contributed by atoms with van der Waals surface area (Å²) >= 11 is 0. The molecule has 3 rings (SSSR count). The number of phenolic OH excluding ortho intramolecular Hbond substituents is 1. The SMILES string of the molecule is CNc1ccc(-c2nc3cc(O)ccc3o2)c([18F])n1. The first-order valence-electron chi connectivity index (χ1n) is 5.61. The zero-order valence-electron chi connectivity index (χ0n) is 10.0. The molecular weight excluding hydrogens is 248 g/mol. The van der Waals surface area contributed by atoms with Gasteiger partial charge in [-0.15, -0.1) is 0 Å². The first-order chi connectivity index (χ1) is 9.17. The fourth-order valence-corrected chi connectivity index (χ4v) is 1.76. The van der Waals surface area contributed by atoms with Crippen molar-refractivity contribution in [2.75, 3.05) is 12.4 Å². The summed E-state index contributed by atoms with van der Waals surface area (Å²) in [4.78, 5) is 7.86. The predicted molar refractivity (Wildman–Crippen MR) is 68.4 cm³/mol. The maximum Gasteiger partial charge on any atom is 0.231 e. The number of pyridine rings is 1. The second-order valence-electron chi connectivity index (χ2n) is 3.96. The molecule has 0 saturated heterocycles. The van der Waals surface area contributed by atoms with E-state index in [2.05, 4.69) is 15.3 Å². The van der Waals surface area contributed by atoms with Crippen LogP contribution in [-0.4, -0.2) is 22.1 Å². The number of aromatic nitrogens is 2. The number of nitrogens with one attached hydrogen (secondary N) is 1. The number of rotatable bonds is 2. The van der Waals surface area contributed by atoms with Crippen molar-refractivity contribution in [3.8, 4) is 17.2 Å². The van der Waals surface area contributed by atoms with Gasteiger partial charge in [0, 0.05) is 13.1 Å². The number of benzene rings is 1. The van der Waals surface area contributed by atoms with Gasteiger partial charge in [-0.2, -0.15) is 4.39 Å². The third kappa shape index (κ3) is 1.97. The number of aromatic hydroxyl groups is 1. The highest BCUT2D eigenvalue weighted by Gasteiger charge is 2.14. The molecule has 0 saturated carbocycles. The van der Waals surface area contributed by atoms with Crippen molar-refractivity contribution >= 4 is 16.9 Å². The molecule has 0 atom stereocenters. The molecule has 96 valence electrons. The third-order valence-electron chi connectivity index (χ3n) is 2.71. The summed E-state index contributed by atoms with van der Waals surface area (Å²) < 4.78 is 19.3. The molecule has 2 aromatic heterocycles. The van der Waals surface area contributed by atoms with E-state index < -0.39 is 5.95 Å². The van der Waals surface area contributed by atoms with Crippen LogP contribution in [0.4, 0.5) is 10.2 Å². The Morgan fingerprint density at radius 1 is 1.21 bits per heavy atom. The molecule has 0 bridgehead atoms. The maximum absolute atomic E-state index is 13.8. The van der Waals surface area contributed by atoms with Crippen molar-refractivity contribution in [2.45, 2.75) is 0 Å². The van der Waals surface area contributed by atoms with Crippen LogP contribution in [0.15, 0.2) is 34.7 Å². The number of anilines is 1. The molecule has 2 N–H and O–H groups in total. The Labute approximate surface area is 107 Å². The van der Waals surface area contributed by atoms with Crippen molar-refractivity contribution < 1.29 is 13.9 Å². The molecule has 0 spiro atoms. The van der Waals surface area contributed by atoms with Crippen LogP contribution in [0, 0.1) is 5.95 Å². The van der Waals surface area contributed by atoms with Gasteiger partial charge in [-0.3, -0.25) is 0 Å². The molecular formula is C13H10FN3O2. The molecule has 0 fully saturated rings. The van der Waals surface area contributed by atoms with Crippen LogP contribution >= 0.6 is 0 Å². The Bertz CT molecular complexity index is 755. The highest BCUT2D eigenvalue weighted by molar-refractivity contribution is 5.77. The van der Waals surface area contributed by atoms with Gasteiger partial charge < -0.3 is 14.8 Å². The standard InChI is InChI=1S/C13H10FN3O2/c1-15-11-5-3-8(12(14)17-11)13-16-9-6-7(18)2-4-10(9)19-13/h2-6,18H,1H3,(H,15,17)/i14-1. The smallest absolute Gasteiger partial charge is 0.231 e.